The third kappa shape index (κ3) is 2.48. The van der Waals surface area contributed by atoms with Gasteiger partial charge in [0, 0.05) is 13.1 Å². The fraction of sp³-hybridized carbons (Fsp3) is 0.333. The van der Waals surface area contributed by atoms with Crippen molar-refractivity contribution < 1.29 is 4.39 Å². The predicted molar refractivity (Wildman–Crippen MR) is 61.1 cm³/mol. The standard InChI is InChI=1S/C12H15FN2/c1-4-8-15(3)12-10(9(2)14)6-5-7-11(12)13/h1,5-7,9H,8,14H2,2-3H3/t9-/m0/s1. The van der Waals surface area contributed by atoms with Crippen molar-refractivity contribution in [1.29, 1.82) is 0 Å². The summed E-state index contributed by atoms with van der Waals surface area (Å²) >= 11 is 0. The van der Waals surface area contributed by atoms with Crippen molar-refractivity contribution in [3.63, 3.8) is 0 Å². The highest BCUT2D eigenvalue weighted by molar-refractivity contribution is 5.56. The Bertz CT molecular complexity index is 380. The minimum Gasteiger partial charge on any atom is -0.361 e. The van der Waals surface area contributed by atoms with E-state index in [0.29, 0.717) is 12.2 Å². The molecule has 1 atom stereocenters. The average Bonchev–Trinajstić information content (AvgIpc) is 2.17. The summed E-state index contributed by atoms with van der Waals surface area (Å²) < 4.78 is 13.6. The first-order chi connectivity index (χ1) is 7.07. The van der Waals surface area contributed by atoms with Crippen molar-refractivity contribution in [2.45, 2.75) is 13.0 Å². The van der Waals surface area contributed by atoms with Crippen LogP contribution in [0.25, 0.3) is 0 Å². The molecule has 2 nitrogen and oxygen atoms in total. The van der Waals surface area contributed by atoms with Gasteiger partial charge in [-0.2, -0.15) is 0 Å². The number of hydrogen-bond donors (Lipinski definition) is 1. The summed E-state index contributed by atoms with van der Waals surface area (Å²) in [6, 6.07) is 4.67. The van der Waals surface area contributed by atoms with Crippen LogP contribution >= 0.6 is 0 Å². The maximum absolute atomic E-state index is 13.6. The Labute approximate surface area is 89.9 Å². The molecule has 0 unspecified atom stereocenters. The van der Waals surface area contributed by atoms with Crippen LogP contribution in [0.5, 0.6) is 0 Å². The van der Waals surface area contributed by atoms with Crippen LogP contribution in [0.3, 0.4) is 0 Å². The topological polar surface area (TPSA) is 29.3 Å². The van der Waals surface area contributed by atoms with E-state index in [2.05, 4.69) is 5.92 Å². The Morgan fingerprint density at radius 2 is 2.27 bits per heavy atom. The Kier molecular flexibility index (Phi) is 3.70. The molecular weight excluding hydrogens is 191 g/mol. The van der Waals surface area contributed by atoms with E-state index in [1.54, 1.807) is 18.0 Å². The van der Waals surface area contributed by atoms with E-state index in [1.807, 2.05) is 13.0 Å². The second-order valence-electron chi connectivity index (χ2n) is 3.53. The fourth-order valence-corrected chi connectivity index (χ4v) is 1.52. The summed E-state index contributed by atoms with van der Waals surface area (Å²) in [5, 5.41) is 0. The van der Waals surface area contributed by atoms with E-state index in [4.69, 9.17) is 12.2 Å². The molecule has 0 radical (unpaired) electrons. The zero-order chi connectivity index (χ0) is 11.4. The predicted octanol–water partition coefficient (Wildman–Crippen LogP) is 1.91. The Hall–Kier alpha value is -1.53. The molecule has 0 saturated carbocycles. The summed E-state index contributed by atoms with van der Waals surface area (Å²) in [6.07, 6.45) is 5.20. The molecule has 1 aromatic carbocycles. The Morgan fingerprint density at radius 3 is 2.80 bits per heavy atom. The lowest BCUT2D eigenvalue weighted by Crippen LogP contribution is -2.22. The average molecular weight is 206 g/mol. The van der Waals surface area contributed by atoms with Gasteiger partial charge in [0.2, 0.25) is 0 Å². The van der Waals surface area contributed by atoms with E-state index in [1.165, 1.54) is 6.07 Å². The minimum absolute atomic E-state index is 0.212. The van der Waals surface area contributed by atoms with Crippen molar-refractivity contribution in [3.8, 4) is 12.3 Å². The maximum Gasteiger partial charge on any atom is 0.146 e. The van der Waals surface area contributed by atoms with Gasteiger partial charge < -0.3 is 10.6 Å². The highest BCUT2D eigenvalue weighted by Gasteiger charge is 2.14. The van der Waals surface area contributed by atoms with Gasteiger partial charge in [0.1, 0.15) is 5.82 Å². The summed E-state index contributed by atoms with van der Waals surface area (Å²) in [5.41, 5.74) is 7.03. The molecule has 0 bridgehead atoms. The van der Waals surface area contributed by atoms with Gasteiger partial charge >= 0.3 is 0 Å². The molecule has 3 heteroatoms. The molecular formula is C12H15FN2. The van der Waals surface area contributed by atoms with Crippen molar-refractivity contribution in [2.24, 2.45) is 5.73 Å². The first-order valence-electron chi connectivity index (χ1n) is 4.76. The van der Waals surface area contributed by atoms with E-state index >= 15 is 0 Å². The molecule has 80 valence electrons. The molecule has 0 spiro atoms. The van der Waals surface area contributed by atoms with E-state index in [0.717, 1.165) is 5.56 Å². The summed E-state index contributed by atoms with van der Waals surface area (Å²) in [4.78, 5) is 1.69. The maximum atomic E-state index is 13.6. The molecule has 0 amide bonds. The molecule has 0 saturated heterocycles. The first kappa shape index (κ1) is 11.5. The number of terminal acetylenes is 1. The van der Waals surface area contributed by atoms with Crippen LogP contribution in [-0.2, 0) is 0 Å². The number of benzene rings is 1. The molecule has 0 fully saturated rings. The van der Waals surface area contributed by atoms with Crippen LogP contribution in [-0.4, -0.2) is 13.6 Å². The largest absolute Gasteiger partial charge is 0.361 e. The molecule has 0 aliphatic carbocycles. The zero-order valence-electron chi connectivity index (χ0n) is 9.00. The summed E-state index contributed by atoms with van der Waals surface area (Å²) in [5.74, 6) is 2.19. The van der Waals surface area contributed by atoms with Crippen molar-refractivity contribution in [3.05, 3.63) is 29.6 Å². The van der Waals surface area contributed by atoms with Gasteiger partial charge in [-0.15, -0.1) is 6.42 Å². The number of halogens is 1. The number of anilines is 1. The Balaban J connectivity index is 3.19. The second-order valence-corrected chi connectivity index (χ2v) is 3.53. The van der Waals surface area contributed by atoms with E-state index in [9.17, 15) is 4.39 Å². The smallest absolute Gasteiger partial charge is 0.146 e. The minimum atomic E-state index is -0.289. The van der Waals surface area contributed by atoms with Crippen molar-refractivity contribution >= 4 is 5.69 Å². The van der Waals surface area contributed by atoms with Gasteiger partial charge in [0.15, 0.2) is 0 Å². The van der Waals surface area contributed by atoms with Gasteiger partial charge in [-0.05, 0) is 18.6 Å². The van der Waals surface area contributed by atoms with Gasteiger partial charge in [-0.3, -0.25) is 0 Å². The number of hydrogen-bond acceptors (Lipinski definition) is 2. The first-order valence-corrected chi connectivity index (χ1v) is 4.76. The SMILES string of the molecule is C#CCN(C)c1c(F)cccc1[C@H](C)N. The highest BCUT2D eigenvalue weighted by Crippen LogP contribution is 2.27. The number of rotatable bonds is 3. The quantitative estimate of drug-likeness (QED) is 0.765. The number of nitrogens with two attached hydrogens (primary N) is 1. The lowest BCUT2D eigenvalue weighted by Gasteiger charge is -2.22. The highest BCUT2D eigenvalue weighted by atomic mass is 19.1. The lowest BCUT2D eigenvalue weighted by atomic mass is 10.1. The van der Waals surface area contributed by atoms with Crippen LogP contribution in [0.2, 0.25) is 0 Å². The molecule has 0 heterocycles. The third-order valence-corrected chi connectivity index (χ3v) is 2.22. The van der Waals surface area contributed by atoms with Crippen LogP contribution in [0.4, 0.5) is 10.1 Å². The number of nitrogens with zero attached hydrogens (tertiary/aromatic N) is 1. The monoisotopic (exact) mass is 206 g/mol. The molecule has 0 aliphatic heterocycles. The van der Waals surface area contributed by atoms with Crippen molar-refractivity contribution in [1.82, 2.24) is 0 Å². The van der Waals surface area contributed by atoms with Crippen molar-refractivity contribution in [2.75, 3.05) is 18.5 Å². The van der Waals surface area contributed by atoms with Crippen LogP contribution in [0.15, 0.2) is 18.2 Å². The van der Waals surface area contributed by atoms with Gasteiger partial charge in [-0.25, -0.2) is 4.39 Å². The van der Waals surface area contributed by atoms with E-state index in [-0.39, 0.29) is 11.9 Å². The Morgan fingerprint density at radius 1 is 1.60 bits per heavy atom. The van der Waals surface area contributed by atoms with Gasteiger partial charge in [0.05, 0.1) is 12.2 Å². The van der Waals surface area contributed by atoms with Crippen LogP contribution in [0.1, 0.15) is 18.5 Å². The molecule has 2 N–H and O–H groups in total. The summed E-state index contributed by atoms with van der Waals surface area (Å²) in [7, 11) is 1.75. The van der Waals surface area contributed by atoms with Gasteiger partial charge in [-0.1, -0.05) is 18.1 Å². The van der Waals surface area contributed by atoms with E-state index < -0.39 is 0 Å². The number of para-hydroxylation sites is 1. The second kappa shape index (κ2) is 4.81. The molecule has 1 rings (SSSR count). The van der Waals surface area contributed by atoms with Crippen LogP contribution in [0, 0.1) is 18.2 Å². The normalized spacial score (nSPS) is 11.9. The lowest BCUT2D eigenvalue weighted by molar-refractivity contribution is 0.619. The zero-order valence-corrected chi connectivity index (χ0v) is 9.00. The van der Waals surface area contributed by atoms with Gasteiger partial charge in [0.25, 0.3) is 0 Å². The summed E-state index contributed by atoms with van der Waals surface area (Å²) in [6.45, 7) is 2.18. The molecule has 0 aliphatic rings. The fourth-order valence-electron chi connectivity index (χ4n) is 1.52. The van der Waals surface area contributed by atoms with Crippen LogP contribution < -0.4 is 10.6 Å². The molecule has 0 aromatic heterocycles. The molecule has 1 aromatic rings. The molecule has 15 heavy (non-hydrogen) atoms. The third-order valence-electron chi connectivity index (χ3n) is 2.22.